The number of rotatable bonds is 0. The molecule has 1 nitrogen and oxygen atoms in total. The molecule has 116 valence electrons. The van der Waals surface area contributed by atoms with Crippen LogP contribution in [0.1, 0.15) is 52.7 Å². The van der Waals surface area contributed by atoms with Gasteiger partial charge in [-0.05, 0) is 44.5 Å². The highest BCUT2D eigenvalue weighted by Gasteiger charge is 2.25. The van der Waals surface area contributed by atoms with Crippen LogP contribution in [-0.2, 0) is 10.8 Å². The first-order valence-corrected chi connectivity index (χ1v) is 8.54. The zero-order chi connectivity index (χ0) is 16.3. The van der Waals surface area contributed by atoms with Crippen LogP contribution in [-0.4, -0.2) is 0 Å². The molecule has 2 aromatic carbocycles. The fourth-order valence-electron chi connectivity index (χ4n) is 2.86. The average molecular weight is 359 g/mol. The predicted molar refractivity (Wildman–Crippen MR) is 98.8 cm³/mol. The Hall–Kier alpha value is -1.28. The summed E-state index contributed by atoms with van der Waals surface area (Å²) in [5.74, 6) is 0. The van der Waals surface area contributed by atoms with E-state index < -0.39 is 0 Å². The average Bonchev–Trinajstić information content (AvgIpc) is 2.75. The molecule has 0 spiro atoms. The highest BCUT2D eigenvalue weighted by Crippen LogP contribution is 2.41. The van der Waals surface area contributed by atoms with Crippen LogP contribution in [0.4, 0.5) is 0 Å². The van der Waals surface area contributed by atoms with Gasteiger partial charge in [-0.15, -0.1) is 0 Å². The smallest absolute Gasteiger partial charge is 0.149 e. The van der Waals surface area contributed by atoms with E-state index in [9.17, 15) is 0 Å². The second kappa shape index (κ2) is 4.86. The number of hydrogen-bond acceptors (Lipinski definition) is 1. The Balaban J connectivity index is 2.51. The zero-order valence-corrected chi connectivity index (χ0v) is 15.8. The molecule has 0 atom stereocenters. The maximum Gasteiger partial charge on any atom is 0.149 e. The van der Waals surface area contributed by atoms with Crippen molar-refractivity contribution in [3.63, 3.8) is 0 Å². The molecule has 0 aliphatic carbocycles. The first kappa shape index (κ1) is 15.6. The van der Waals surface area contributed by atoms with Crippen LogP contribution in [0.5, 0.6) is 0 Å². The molecule has 0 fully saturated rings. The van der Waals surface area contributed by atoms with Crippen molar-refractivity contribution in [1.82, 2.24) is 0 Å². The summed E-state index contributed by atoms with van der Waals surface area (Å²) in [6, 6.07) is 10.9. The fraction of sp³-hybridized carbons (Fsp3) is 0.400. The number of para-hydroxylation sites is 1. The van der Waals surface area contributed by atoms with Crippen LogP contribution < -0.4 is 0 Å². The summed E-state index contributed by atoms with van der Waals surface area (Å²) in [6.45, 7) is 13.5. The van der Waals surface area contributed by atoms with Crippen molar-refractivity contribution in [3.8, 4) is 0 Å². The molecule has 0 unspecified atom stereocenters. The van der Waals surface area contributed by atoms with Gasteiger partial charge in [-0.2, -0.15) is 0 Å². The standard InChI is InChI=1S/C20H23BrO/c1-19(2,3)12-10-14-13-8-7-9-16(21)18(13)22-17(14)15(11-12)20(4,5)6/h7-11H,1-6H3. The lowest BCUT2D eigenvalue weighted by Gasteiger charge is -2.25. The third-order valence-electron chi connectivity index (χ3n) is 4.22. The maximum atomic E-state index is 6.26. The van der Waals surface area contributed by atoms with E-state index in [1.165, 1.54) is 21.9 Å². The minimum atomic E-state index is 0.0415. The highest BCUT2D eigenvalue weighted by atomic mass is 79.9. The van der Waals surface area contributed by atoms with Gasteiger partial charge >= 0.3 is 0 Å². The monoisotopic (exact) mass is 358 g/mol. The third-order valence-corrected chi connectivity index (χ3v) is 4.85. The highest BCUT2D eigenvalue weighted by molar-refractivity contribution is 9.10. The minimum Gasteiger partial charge on any atom is -0.455 e. The summed E-state index contributed by atoms with van der Waals surface area (Å²) in [5.41, 5.74) is 4.74. The summed E-state index contributed by atoms with van der Waals surface area (Å²) in [7, 11) is 0. The number of benzene rings is 2. The van der Waals surface area contributed by atoms with Crippen molar-refractivity contribution in [2.75, 3.05) is 0 Å². The molecule has 0 saturated carbocycles. The summed E-state index contributed by atoms with van der Waals surface area (Å²) >= 11 is 3.61. The number of hydrogen-bond donors (Lipinski definition) is 0. The van der Waals surface area contributed by atoms with Gasteiger partial charge in [0.05, 0.1) is 4.47 Å². The molecule has 3 rings (SSSR count). The Morgan fingerprint density at radius 2 is 1.50 bits per heavy atom. The molecular weight excluding hydrogens is 336 g/mol. The third kappa shape index (κ3) is 2.48. The Bertz CT molecular complexity index is 857. The lowest BCUT2D eigenvalue weighted by atomic mass is 9.79. The molecule has 0 aliphatic heterocycles. The van der Waals surface area contributed by atoms with E-state index in [4.69, 9.17) is 4.42 Å². The molecule has 3 aromatic rings. The lowest BCUT2D eigenvalue weighted by molar-refractivity contribution is 0.559. The topological polar surface area (TPSA) is 13.1 Å². The maximum absolute atomic E-state index is 6.26. The fourth-order valence-corrected chi connectivity index (χ4v) is 3.30. The molecule has 0 saturated heterocycles. The molecule has 0 bridgehead atoms. The van der Waals surface area contributed by atoms with Gasteiger partial charge in [0.2, 0.25) is 0 Å². The summed E-state index contributed by atoms with van der Waals surface area (Å²) in [5, 5.41) is 2.40. The van der Waals surface area contributed by atoms with Crippen LogP contribution in [0.2, 0.25) is 0 Å². The van der Waals surface area contributed by atoms with Crippen molar-refractivity contribution >= 4 is 37.9 Å². The van der Waals surface area contributed by atoms with Crippen LogP contribution >= 0.6 is 15.9 Å². The van der Waals surface area contributed by atoms with E-state index in [0.717, 1.165) is 15.6 Å². The number of fused-ring (bicyclic) bond motifs is 3. The second-order valence-corrected chi connectivity index (χ2v) is 8.97. The summed E-state index contributed by atoms with van der Waals surface area (Å²) in [6.07, 6.45) is 0. The first-order chi connectivity index (χ1) is 10.1. The van der Waals surface area contributed by atoms with E-state index >= 15 is 0 Å². The normalized spacial score (nSPS) is 13.2. The zero-order valence-electron chi connectivity index (χ0n) is 14.2. The van der Waals surface area contributed by atoms with Gasteiger partial charge in [0.25, 0.3) is 0 Å². The molecule has 1 heterocycles. The molecule has 0 aliphatic rings. The minimum absolute atomic E-state index is 0.0415. The molecule has 22 heavy (non-hydrogen) atoms. The Labute approximate surface area is 140 Å². The van der Waals surface area contributed by atoms with Gasteiger partial charge in [-0.3, -0.25) is 0 Å². The predicted octanol–water partition coefficient (Wildman–Crippen LogP) is 6.94. The van der Waals surface area contributed by atoms with Gasteiger partial charge in [0, 0.05) is 16.3 Å². The van der Waals surface area contributed by atoms with Gasteiger partial charge in [-0.1, -0.05) is 59.7 Å². The van der Waals surface area contributed by atoms with Crippen molar-refractivity contribution in [2.45, 2.75) is 52.4 Å². The van der Waals surface area contributed by atoms with Gasteiger partial charge in [0.1, 0.15) is 11.2 Å². The molecular formula is C20H23BrO. The second-order valence-electron chi connectivity index (χ2n) is 8.12. The SMILES string of the molecule is CC(C)(C)c1cc(C(C)(C)C)c2oc3c(Br)cccc3c2c1. The summed E-state index contributed by atoms with van der Waals surface area (Å²) < 4.78 is 7.27. The molecule has 1 aromatic heterocycles. The molecule has 0 amide bonds. The van der Waals surface area contributed by atoms with E-state index in [0.29, 0.717) is 0 Å². The number of halogens is 1. The molecule has 2 heteroatoms. The summed E-state index contributed by atoms with van der Waals surface area (Å²) in [4.78, 5) is 0. The molecule has 0 radical (unpaired) electrons. The molecule has 0 N–H and O–H groups in total. The Kier molecular flexibility index (Phi) is 3.45. The van der Waals surface area contributed by atoms with Crippen LogP contribution in [0.25, 0.3) is 21.9 Å². The van der Waals surface area contributed by atoms with E-state index in [1.54, 1.807) is 0 Å². The van der Waals surface area contributed by atoms with Crippen LogP contribution in [0, 0.1) is 0 Å². The van der Waals surface area contributed by atoms with Crippen LogP contribution in [0.15, 0.2) is 39.2 Å². The quantitative estimate of drug-likeness (QED) is 0.423. The Morgan fingerprint density at radius 1 is 0.818 bits per heavy atom. The van der Waals surface area contributed by atoms with E-state index in [2.05, 4.69) is 81.7 Å². The largest absolute Gasteiger partial charge is 0.455 e. The van der Waals surface area contributed by atoms with E-state index in [-0.39, 0.29) is 10.8 Å². The van der Waals surface area contributed by atoms with Crippen LogP contribution in [0.3, 0.4) is 0 Å². The van der Waals surface area contributed by atoms with Crippen molar-refractivity contribution in [2.24, 2.45) is 0 Å². The number of furan rings is 1. The van der Waals surface area contributed by atoms with Crippen molar-refractivity contribution in [3.05, 3.63) is 45.9 Å². The van der Waals surface area contributed by atoms with Gasteiger partial charge < -0.3 is 4.42 Å². The van der Waals surface area contributed by atoms with Gasteiger partial charge in [-0.25, -0.2) is 0 Å². The lowest BCUT2D eigenvalue weighted by Crippen LogP contribution is -2.16. The van der Waals surface area contributed by atoms with Crippen molar-refractivity contribution in [1.29, 1.82) is 0 Å². The first-order valence-electron chi connectivity index (χ1n) is 7.75. The van der Waals surface area contributed by atoms with Crippen molar-refractivity contribution < 1.29 is 4.42 Å². The van der Waals surface area contributed by atoms with E-state index in [1.807, 2.05) is 6.07 Å². The Morgan fingerprint density at radius 3 is 2.09 bits per heavy atom. The van der Waals surface area contributed by atoms with Gasteiger partial charge in [0.15, 0.2) is 0 Å².